The zero-order valence-electron chi connectivity index (χ0n) is 13.6. The first-order chi connectivity index (χ1) is 10.8. The highest BCUT2D eigenvalue weighted by Gasteiger charge is 2.40. The molecule has 0 aliphatic heterocycles. The lowest BCUT2D eigenvalue weighted by Crippen LogP contribution is -2.48. The van der Waals surface area contributed by atoms with Crippen molar-refractivity contribution in [2.75, 3.05) is 0 Å². The first kappa shape index (κ1) is 16.6. The number of hydrogen-bond acceptors (Lipinski definition) is 2. The van der Waals surface area contributed by atoms with Crippen LogP contribution in [0.3, 0.4) is 0 Å². The predicted octanol–water partition coefficient (Wildman–Crippen LogP) is 5.80. The summed E-state index contributed by atoms with van der Waals surface area (Å²) in [4.78, 5) is 0. The summed E-state index contributed by atoms with van der Waals surface area (Å²) in [6, 6.07) is 22.2. The lowest BCUT2D eigenvalue weighted by Gasteiger charge is -2.31. The Morgan fingerprint density at radius 1 is 0.682 bits per heavy atom. The molecule has 0 bridgehead atoms. The van der Waals surface area contributed by atoms with Gasteiger partial charge in [0.25, 0.3) is 0 Å². The zero-order chi connectivity index (χ0) is 15.7. The van der Waals surface area contributed by atoms with E-state index in [-0.39, 0.29) is 0 Å². The molecular formula is C19H26O2Si. The van der Waals surface area contributed by atoms with Gasteiger partial charge in [-0.2, -0.15) is 0 Å². The van der Waals surface area contributed by atoms with Gasteiger partial charge in [0, 0.05) is 12.1 Å². The van der Waals surface area contributed by atoms with Gasteiger partial charge < -0.3 is 8.85 Å². The zero-order valence-corrected chi connectivity index (χ0v) is 14.6. The summed E-state index contributed by atoms with van der Waals surface area (Å²) in [5.74, 6) is 1.85. The quantitative estimate of drug-likeness (QED) is 0.545. The Kier molecular flexibility index (Phi) is 6.53. The van der Waals surface area contributed by atoms with Crippen molar-refractivity contribution in [3.8, 4) is 11.5 Å². The summed E-state index contributed by atoms with van der Waals surface area (Å²) in [6.45, 7) is 4.42. The third-order valence-corrected chi connectivity index (χ3v) is 7.23. The number of unbranched alkanes of at least 4 members (excludes halogenated alkanes) is 1. The van der Waals surface area contributed by atoms with E-state index in [1.165, 1.54) is 0 Å². The van der Waals surface area contributed by atoms with E-state index in [1.807, 2.05) is 60.7 Å². The second-order valence-electron chi connectivity index (χ2n) is 5.59. The highest BCUT2D eigenvalue weighted by molar-refractivity contribution is 6.68. The Bertz CT molecular complexity index is 486. The lowest BCUT2D eigenvalue weighted by atomic mass is 10.3. The minimum absolute atomic E-state index is 0.926. The molecule has 0 saturated heterocycles. The second kappa shape index (κ2) is 8.64. The van der Waals surface area contributed by atoms with E-state index < -0.39 is 8.56 Å². The summed E-state index contributed by atoms with van der Waals surface area (Å²) in [5, 5.41) is 0. The van der Waals surface area contributed by atoms with Crippen molar-refractivity contribution in [2.24, 2.45) is 0 Å². The number of rotatable bonds is 9. The number of para-hydroxylation sites is 2. The summed E-state index contributed by atoms with van der Waals surface area (Å²) < 4.78 is 12.9. The Balaban J connectivity index is 2.23. The molecular weight excluding hydrogens is 288 g/mol. The average molecular weight is 315 g/mol. The molecule has 2 aromatic rings. The Morgan fingerprint density at radius 2 is 1.18 bits per heavy atom. The second-order valence-corrected chi connectivity index (χ2v) is 8.82. The third kappa shape index (κ3) is 4.92. The van der Waals surface area contributed by atoms with Gasteiger partial charge in [-0.05, 0) is 30.7 Å². The van der Waals surface area contributed by atoms with Gasteiger partial charge in [0.05, 0.1) is 0 Å². The molecule has 0 aliphatic carbocycles. The minimum atomic E-state index is -2.30. The highest BCUT2D eigenvalue weighted by Crippen LogP contribution is 2.28. The molecule has 2 aromatic carbocycles. The number of hydrogen-bond donors (Lipinski definition) is 0. The first-order valence-electron chi connectivity index (χ1n) is 8.26. The largest absolute Gasteiger partial charge is 0.512 e. The third-order valence-electron chi connectivity index (χ3n) is 3.64. The van der Waals surface area contributed by atoms with E-state index in [0.717, 1.165) is 42.8 Å². The Hall–Kier alpha value is -1.74. The van der Waals surface area contributed by atoms with Crippen LogP contribution >= 0.6 is 0 Å². The SMILES string of the molecule is CCCC[Si](CCC)(Oc1ccccc1)Oc1ccccc1. The molecule has 0 amide bonds. The van der Waals surface area contributed by atoms with Crippen LogP contribution in [0, 0.1) is 0 Å². The van der Waals surface area contributed by atoms with Gasteiger partial charge in [0.15, 0.2) is 0 Å². The fourth-order valence-electron chi connectivity index (χ4n) is 2.58. The van der Waals surface area contributed by atoms with E-state index in [4.69, 9.17) is 8.85 Å². The maximum absolute atomic E-state index is 6.47. The van der Waals surface area contributed by atoms with Gasteiger partial charge in [0.1, 0.15) is 11.5 Å². The van der Waals surface area contributed by atoms with E-state index >= 15 is 0 Å². The van der Waals surface area contributed by atoms with E-state index in [1.54, 1.807) is 0 Å². The number of benzene rings is 2. The van der Waals surface area contributed by atoms with E-state index in [9.17, 15) is 0 Å². The van der Waals surface area contributed by atoms with Crippen molar-refractivity contribution in [1.82, 2.24) is 0 Å². The van der Waals surface area contributed by atoms with Gasteiger partial charge in [-0.1, -0.05) is 63.1 Å². The van der Waals surface area contributed by atoms with Gasteiger partial charge >= 0.3 is 8.56 Å². The van der Waals surface area contributed by atoms with Crippen molar-refractivity contribution in [2.45, 2.75) is 45.2 Å². The summed E-state index contributed by atoms with van der Waals surface area (Å²) in [6.07, 6.45) is 3.39. The van der Waals surface area contributed by atoms with Crippen LogP contribution in [0.25, 0.3) is 0 Å². The molecule has 22 heavy (non-hydrogen) atoms. The molecule has 0 unspecified atom stereocenters. The highest BCUT2D eigenvalue weighted by atomic mass is 28.4. The molecule has 0 aliphatic rings. The van der Waals surface area contributed by atoms with Crippen molar-refractivity contribution < 1.29 is 8.85 Å². The lowest BCUT2D eigenvalue weighted by molar-refractivity contribution is 0.373. The average Bonchev–Trinajstić information content (AvgIpc) is 2.55. The molecule has 2 nitrogen and oxygen atoms in total. The standard InChI is InChI=1S/C19H26O2Si/c1-3-5-17-22(16-4-2,20-18-12-8-6-9-13-18)21-19-14-10-7-11-15-19/h6-15H,3-5,16-17H2,1-2H3. The van der Waals surface area contributed by atoms with Crippen LogP contribution in [-0.2, 0) is 0 Å². The maximum atomic E-state index is 6.47. The van der Waals surface area contributed by atoms with Crippen LogP contribution in [-0.4, -0.2) is 8.56 Å². The van der Waals surface area contributed by atoms with Gasteiger partial charge in [-0.25, -0.2) is 0 Å². The van der Waals surface area contributed by atoms with Crippen LogP contribution in [0.4, 0.5) is 0 Å². The molecule has 0 spiro atoms. The van der Waals surface area contributed by atoms with Gasteiger partial charge in [-0.15, -0.1) is 0 Å². The van der Waals surface area contributed by atoms with Gasteiger partial charge in [0.2, 0.25) is 0 Å². The van der Waals surface area contributed by atoms with Gasteiger partial charge in [-0.3, -0.25) is 0 Å². The van der Waals surface area contributed by atoms with E-state index in [2.05, 4.69) is 13.8 Å². The topological polar surface area (TPSA) is 18.5 Å². The summed E-state index contributed by atoms with van der Waals surface area (Å²) >= 11 is 0. The normalized spacial score (nSPS) is 11.2. The Labute approximate surface area is 135 Å². The smallest absolute Gasteiger partial charge is 0.460 e. The summed E-state index contributed by atoms with van der Waals surface area (Å²) in [7, 11) is -2.30. The molecule has 2 rings (SSSR count). The van der Waals surface area contributed by atoms with Crippen molar-refractivity contribution in [1.29, 1.82) is 0 Å². The molecule has 0 saturated carbocycles. The molecule has 118 valence electrons. The molecule has 0 N–H and O–H groups in total. The van der Waals surface area contributed by atoms with Crippen molar-refractivity contribution in [3.05, 3.63) is 60.7 Å². The van der Waals surface area contributed by atoms with Crippen molar-refractivity contribution in [3.63, 3.8) is 0 Å². The fraction of sp³-hybridized carbons (Fsp3) is 0.368. The Morgan fingerprint density at radius 3 is 1.59 bits per heavy atom. The first-order valence-corrected chi connectivity index (χ1v) is 10.5. The monoisotopic (exact) mass is 314 g/mol. The molecule has 0 atom stereocenters. The van der Waals surface area contributed by atoms with Crippen LogP contribution in [0.15, 0.2) is 60.7 Å². The van der Waals surface area contributed by atoms with Crippen LogP contribution in [0.1, 0.15) is 33.1 Å². The summed E-state index contributed by atoms with van der Waals surface area (Å²) in [5.41, 5.74) is 0. The predicted molar refractivity (Wildman–Crippen MR) is 94.7 cm³/mol. The van der Waals surface area contributed by atoms with E-state index in [0.29, 0.717) is 0 Å². The maximum Gasteiger partial charge on any atom is 0.460 e. The van der Waals surface area contributed by atoms with Crippen LogP contribution < -0.4 is 8.85 Å². The van der Waals surface area contributed by atoms with Crippen LogP contribution in [0.5, 0.6) is 11.5 Å². The fourth-order valence-corrected chi connectivity index (χ4v) is 6.07. The molecule has 3 heteroatoms. The van der Waals surface area contributed by atoms with Crippen molar-refractivity contribution >= 4 is 8.56 Å². The molecule has 0 radical (unpaired) electrons. The molecule has 0 aromatic heterocycles. The molecule has 0 heterocycles. The van der Waals surface area contributed by atoms with Crippen LogP contribution in [0.2, 0.25) is 12.1 Å². The minimum Gasteiger partial charge on any atom is -0.512 e. The molecule has 0 fully saturated rings.